The molecule has 11 aromatic rings. The second kappa shape index (κ2) is 10.9. The van der Waals surface area contributed by atoms with E-state index >= 15 is 0 Å². The Morgan fingerprint density at radius 2 is 1.11 bits per heavy atom. The van der Waals surface area contributed by atoms with E-state index in [4.69, 9.17) is 24.9 Å². The summed E-state index contributed by atoms with van der Waals surface area (Å²) in [6.45, 7) is 4.63. The first-order chi connectivity index (χ1) is 27.0. The van der Waals surface area contributed by atoms with Gasteiger partial charge in [0.2, 0.25) is 5.95 Å². The maximum absolute atomic E-state index is 5.47. The second-order valence-electron chi connectivity index (χ2n) is 15.0. The van der Waals surface area contributed by atoms with Gasteiger partial charge in [-0.15, -0.1) is 0 Å². The summed E-state index contributed by atoms with van der Waals surface area (Å²) in [7, 11) is 0. The second-order valence-corrected chi connectivity index (χ2v) is 15.0. The Morgan fingerprint density at radius 3 is 1.89 bits per heavy atom. The molecule has 0 unspecified atom stereocenters. The van der Waals surface area contributed by atoms with Gasteiger partial charge in [0.25, 0.3) is 0 Å². The molecule has 0 saturated carbocycles. The average Bonchev–Trinajstić information content (AvgIpc) is 3.83. The Balaban J connectivity index is 1.18. The van der Waals surface area contributed by atoms with Crippen molar-refractivity contribution in [3.05, 3.63) is 163 Å². The van der Waals surface area contributed by atoms with E-state index in [2.05, 4.69) is 150 Å². The molecule has 6 aromatic heterocycles. The maximum atomic E-state index is 5.47. The molecule has 0 aliphatic heterocycles. The molecule has 0 bridgehead atoms. The molecule has 12 rings (SSSR count). The Kier molecular flexibility index (Phi) is 5.99. The molecule has 55 heavy (non-hydrogen) atoms. The van der Waals surface area contributed by atoms with Gasteiger partial charge in [0, 0.05) is 55.7 Å². The van der Waals surface area contributed by atoms with Crippen molar-refractivity contribution in [1.29, 1.82) is 0 Å². The third kappa shape index (κ3) is 4.12. The molecule has 6 heterocycles. The highest BCUT2D eigenvalue weighted by atomic mass is 15.2. The molecule has 7 heteroatoms. The van der Waals surface area contributed by atoms with Crippen LogP contribution in [0.25, 0.3) is 99.8 Å². The van der Waals surface area contributed by atoms with Crippen molar-refractivity contribution in [3.63, 3.8) is 0 Å². The van der Waals surface area contributed by atoms with E-state index in [1.807, 2.05) is 24.5 Å². The number of fused-ring (bicyclic) bond motifs is 12. The van der Waals surface area contributed by atoms with Gasteiger partial charge >= 0.3 is 0 Å². The third-order valence-electron chi connectivity index (χ3n) is 11.7. The summed E-state index contributed by atoms with van der Waals surface area (Å²) < 4.78 is 4.25. The van der Waals surface area contributed by atoms with E-state index in [1.54, 1.807) is 0 Å². The first-order valence-electron chi connectivity index (χ1n) is 18.6. The van der Waals surface area contributed by atoms with Gasteiger partial charge in [0.1, 0.15) is 22.6 Å². The van der Waals surface area contributed by atoms with Crippen LogP contribution in [0.2, 0.25) is 0 Å². The van der Waals surface area contributed by atoms with Crippen LogP contribution in [0.15, 0.2) is 152 Å². The van der Waals surface area contributed by atoms with Crippen LogP contribution < -0.4 is 0 Å². The number of pyridine rings is 3. The fourth-order valence-electron chi connectivity index (χ4n) is 9.08. The number of hydrogen-bond acceptors (Lipinski definition) is 5. The van der Waals surface area contributed by atoms with Gasteiger partial charge in [0.05, 0.1) is 22.2 Å². The zero-order valence-electron chi connectivity index (χ0n) is 30.1. The average molecular weight is 706 g/mol. The quantitative estimate of drug-likeness (QED) is 0.171. The molecule has 0 N–H and O–H groups in total. The van der Waals surface area contributed by atoms with Gasteiger partial charge in [-0.3, -0.25) is 9.13 Å². The van der Waals surface area contributed by atoms with Crippen LogP contribution in [0.5, 0.6) is 0 Å². The van der Waals surface area contributed by atoms with E-state index in [0.29, 0.717) is 5.95 Å². The predicted octanol–water partition coefficient (Wildman–Crippen LogP) is 11.1. The highest BCUT2D eigenvalue weighted by molar-refractivity contribution is 6.11. The Hall–Kier alpha value is -7.25. The summed E-state index contributed by atoms with van der Waals surface area (Å²) in [6.07, 6.45) is 3.68. The largest absolute Gasteiger partial charge is 0.278 e. The lowest BCUT2D eigenvalue weighted by molar-refractivity contribution is 0.660. The van der Waals surface area contributed by atoms with Gasteiger partial charge in [-0.05, 0) is 82.9 Å². The van der Waals surface area contributed by atoms with Gasteiger partial charge in [0.15, 0.2) is 0 Å². The number of rotatable bonds is 3. The monoisotopic (exact) mass is 705 g/mol. The topological polar surface area (TPSA) is 74.3 Å². The minimum absolute atomic E-state index is 0.163. The van der Waals surface area contributed by atoms with E-state index in [-0.39, 0.29) is 5.41 Å². The van der Waals surface area contributed by atoms with Crippen LogP contribution in [0.1, 0.15) is 25.0 Å². The summed E-state index contributed by atoms with van der Waals surface area (Å²) in [6, 6.07) is 49.1. The first kappa shape index (κ1) is 30.2. The van der Waals surface area contributed by atoms with Crippen molar-refractivity contribution < 1.29 is 0 Å². The lowest BCUT2D eigenvalue weighted by Crippen LogP contribution is -2.15. The normalized spacial score (nSPS) is 13.4. The van der Waals surface area contributed by atoms with Crippen LogP contribution in [0, 0.1) is 0 Å². The van der Waals surface area contributed by atoms with Crippen molar-refractivity contribution in [3.8, 4) is 34.2 Å². The summed E-state index contributed by atoms with van der Waals surface area (Å²) in [5.41, 5.74) is 12.2. The van der Waals surface area contributed by atoms with Crippen LogP contribution in [0.3, 0.4) is 0 Å². The molecule has 0 amide bonds. The molecule has 0 atom stereocenters. The summed E-state index contributed by atoms with van der Waals surface area (Å²) >= 11 is 0. The van der Waals surface area contributed by atoms with Crippen LogP contribution in [0.4, 0.5) is 0 Å². The SMILES string of the molecule is CC1(C)c2ccccc2-c2ccc(-c3nc(-n4c5ccccc5c5cccnc54)nc4c3ccc3ccc(-n5c6ccccc6c6cccnc65)nc34)cc21. The number of benzene rings is 5. The number of nitrogens with zero attached hydrogens (tertiary/aromatic N) is 7. The maximum Gasteiger partial charge on any atom is 0.237 e. The molecular formula is C48H31N7. The van der Waals surface area contributed by atoms with Crippen molar-refractivity contribution in [2.75, 3.05) is 0 Å². The van der Waals surface area contributed by atoms with E-state index < -0.39 is 0 Å². The van der Waals surface area contributed by atoms with E-state index in [1.165, 1.54) is 22.3 Å². The minimum Gasteiger partial charge on any atom is -0.278 e. The number of hydrogen-bond donors (Lipinski definition) is 0. The van der Waals surface area contributed by atoms with Gasteiger partial charge in [-0.25, -0.2) is 24.9 Å². The molecule has 1 aliphatic rings. The molecule has 0 spiro atoms. The predicted molar refractivity (Wildman–Crippen MR) is 222 cm³/mol. The zero-order chi connectivity index (χ0) is 36.4. The Labute approximate surface area is 315 Å². The van der Waals surface area contributed by atoms with Gasteiger partial charge in [-0.2, -0.15) is 0 Å². The fraction of sp³-hybridized carbons (Fsp3) is 0.0625. The van der Waals surface area contributed by atoms with Crippen LogP contribution in [-0.4, -0.2) is 34.1 Å². The van der Waals surface area contributed by atoms with E-state index in [9.17, 15) is 0 Å². The highest BCUT2D eigenvalue weighted by Crippen LogP contribution is 2.50. The standard InChI is InChI=1S/C48H31N7/c1-48(2)37-16-6-3-11-30(37)31-22-20-29(27-38(31)48)42-36-23-19-28-21-24-41(54-39-17-7-4-12-32(39)34-14-9-25-49-45(34)54)51-43(28)44(36)53-47(52-42)55-40-18-8-5-13-33(40)35-15-10-26-50-46(35)55/h3-27H,1-2H3. The molecular weight excluding hydrogens is 675 g/mol. The highest BCUT2D eigenvalue weighted by Gasteiger charge is 2.35. The van der Waals surface area contributed by atoms with E-state index in [0.717, 1.165) is 82.8 Å². The summed E-state index contributed by atoms with van der Waals surface area (Å²) in [4.78, 5) is 26.1. The molecule has 1 aliphatic carbocycles. The Bertz CT molecular complexity index is 3320. The summed E-state index contributed by atoms with van der Waals surface area (Å²) in [5.74, 6) is 1.33. The molecule has 7 nitrogen and oxygen atoms in total. The van der Waals surface area contributed by atoms with Crippen molar-refractivity contribution in [2.24, 2.45) is 0 Å². The van der Waals surface area contributed by atoms with Crippen molar-refractivity contribution in [1.82, 2.24) is 34.1 Å². The molecule has 0 radical (unpaired) electrons. The first-order valence-corrected chi connectivity index (χ1v) is 18.6. The molecule has 0 fully saturated rings. The van der Waals surface area contributed by atoms with Gasteiger partial charge < -0.3 is 0 Å². The zero-order valence-corrected chi connectivity index (χ0v) is 30.1. The minimum atomic E-state index is -0.163. The lowest BCUT2D eigenvalue weighted by atomic mass is 9.82. The molecule has 258 valence electrons. The molecule has 5 aromatic carbocycles. The Morgan fingerprint density at radius 1 is 0.473 bits per heavy atom. The van der Waals surface area contributed by atoms with Crippen molar-refractivity contribution in [2.45, 2.75) is 19.3 Å². The number of aromatic nitrogens is 7. The number of para-hydroxylation sites is 2. The third-order valence-corrected chi connectivity index (χ3v) is 11.7. The van der Waals surface area contributed by atoms with Crippen molar-refractivity contribution >= 4 is 65.7 Å². The van der Waals surface area contributed by atoms with Gasteiger partial charge in [-0.1, -0.05) is 92.7 Å². The van der Waals surface area contributed by atoms with Crippen LogP contribution in [-0.2, 0) is 5.41 Å². The summed E-state index contributed by atoms with van der Waals surface area (Å²) in [5, 5.41) is 6.31. The lowest BCUT2D eigenvalue weighted by Gasteiger charge is -2.22. The van der Waals surface area contributed by atoms with Crippen LogP contribution >= 0.6 is 0 Å². The fourth-order valence-corrected chi connectivity index (χ4v) is 9.08. The molecule has 0 saturated heterocycles. The smallest absolute Gasteiger partial charge is 0.237 e.